The minimum absolute atomic E-state index is 0.272. The Labute approximate surface area is 81.6 Å². The molecule has 0 aliphatic heterocycles. The van der Waals surface area contributed by atoms with Gasteiger partial charge in [0.15, 0.2) is 0 Å². The van der Waals surface area contributed by atoms with Crippen LogP contribution in [0, 0.1) is 0 Å². The van der Waals surface area contributed by atoms with E-state index in [-0.39, 0.29) is 6.42 Å². The number of hydrogen-bond acceptors (Lipinski definition) is 4. The number of carbonyl (C=O) groups is 2. The lowest BCUT2D eigenvalue weighted by atomic mass is 10.3. The van der Waals surface area contributed by atoms with Crippen molar-refractivity contribution >= 4 is 23.7 Å². The number of carboxylic acid groups (broad SMARTS) is 1. The molecule has 0 saturated carbocycles. The zero-order chi connectivity index (χ0) is 10.3. The van der Waals surface area contributed by atoms with Gasteiger partial charge in [0.2, 0.25) is 5.44 Å². The lowest BCUT2D eigenvalue weighted by Crippen LogP contribution is -2.23. The molecule has 0 aliphatic carbocycles. The molecule has 76 valence electrons. The number of hydrogen-bond donors (Lipinski definition) is 1. The minimum atomic E-state index is -1.10. The molecule has 13 heavy (non-hydrogen) atoms. The molecule has 4 nitrogen and oxygen atoms in total. The molecule has 1 N–H and O–H groups in total. The molecule has 1 unspecified atom stereocenters. The van der Waals surface area contributed by atoms with E-state index in [2.05, 4.69) is 0 Å². The third-order valence-corrected chi connectivity index (χ3v) is 2.15. The molecule has 0 heterocycles. The third kappa shape index (κ3) is 5.52. The molecule has 0 saturated heterocycles. The molecule has 0 spiro atoms. The predicted octanol–water partition coefficient (Wildman–Crippen LogP) is 1.49. The highest BCUT2D eigenvalue weighted by Gasteiger charge is 2.20. The van der Waals surface area contributed by atoms with Gasteiger partial charge in [0.05, 0.1) is 0 Å². The van der Waals surface area contributed by atoms with Crippen LogP contribution < -0.4 is 0 Å². The second-order valence-corrected chi connectivity index (χ2v) is 3.70. The Morgan fingerprint density at radius 3 is 2.46 bits per heavy atom. The van der Waals surface area contributed by atoms with E-state index in [1.165, 1.54) is 0 Å². The van der Waals surface area contributed by atoms with Crippen LogP contribution >= 0.6 is 11.8 Å². The highest BCUT2D eigenvalue weighted by Crippen LogP contribution is 2.13. The SMILES string of the molecule is CCCC(=O)OC(SCC)C(=O)O. The van der Waals surface area contributed by atoms with Gasteiger partial charge in [0.25, 0.3) is 0 Å². The lowest BCUT2D eigenvalue weighted by molar-refractivity contribution is -0.157. The summed E-state index contributed by atoms with van der Waals surface area (Å²) in [6.45, 7) is 3.65. The number of carbonyl (C=O) groups excluding carboxylic acids is 1. The molecule has 0 amide bonds. The van der Waals surface area contributed by atoms with E-state index in [0.29, 0.717) is 12.2 Å². The van der Waals surface area contributed by atoms with Crippen molar-refractivity contribution < 1.29 is 19.4 Å². The van der Waals surface area contributed by atoms with Gasteiger partial charge in [0.1, 0.15) is 0 Å². The third-order valence-electron chi connectivity index (χ3n) is 1.21. The van der Waals surface area contributed by atoms with Crippen molar-refractivity contribution in [1.82, 2.24) is 0 Å². The maximum absolute atomic E-state index is 10.9. The van der Waals surface area contributed by atoms with Crippen molar-refractivity contribution in [2.24, 2.45) is 0 Å². The molecule has 0 aromatic rings. The summed E-state index contributed by atoms with van der Waals surface area (Å²) < 4.78 is 4.72. The molecular formula is C8H14O4S. The van der Waals surface area contributed by atoms with Crippen LogP contribution in [0.15, 0.2) is 0 Å². The molecule has 5 heteroatoms. The Bertz CT molecular complexity index is 181. The summed E-state index contributed by atoms with van der Waals surface area (Å²) in [5, 5.41) is 8.62. The average molecular weight is 206 g/mol. The standard InChI is InChI=1S/C8H14O4S/c1-3-5-6(9)12-8(7(10)11)13-4-2/h8H,3-5H2,1-2H3,(H,10,11). The summed E-state index contributed by atoms with van der Waals surface area (Å²) in [4.78, 5) is 21.5. The van der Waals surface area contributed by atoms with E-state index in [0.717, 1.165) is 11.8 Å². The molecule has 0 aliphatic rings. The number of thioether (sulfide) groups is 1. The van der Waals surface area contributed by atoms with Crippen LogP contribution in [0.2, 0.25) is 0 Å². The average Bonchev–Trinajstić information content (AvgIpc) is 2.04. The first-order chi connectivity index (χ1) is 6.11. The van der Waals surface area contributed by atoms with Gasteiger partial charge in [-0.15, -0.1) is 11.8 Å². The summed E-state index contributed by atoms with van der Waals surface area (Å²) in [5.41, 5.74) is -1.05. The van der Waals surface area contributed by atoms with E-state index in [1.807, 2.05) is 13.8 Å². The van der Waals surface area contributed by atoms with Gasteiger partial charge in [-0.25, -0.2) is 4.79 Å². The summed E-state index contributed by atoms with van der Waals surface area (Å²) in [7, 11) is 0. The van der Waals surface area contributed by atoms with Crippen LogP contribution in [0.3, 0.4) is 0 Å². The van der Waals surface area contributed by atoms with Crippen molar-refractivity contribution in [3.8, 4) is 0 Å². The van der Waals surface area contributed by atoms with Crippen molar-refractivity contribution in [2.45, 2.75) is 32.1 Å². The maximum Gasteiger partial charge on any atom is 0.355 e. The summed E-state index contributed by atoms with van der Waals surface area (Å²) in [5.74, 6) is -0.941. The van der Waals surface area contributed by atoms with Gasteiger partial charge in [-0.3, -0.25) is 4.79 Å². The zero-order valence-corrected chi connectivity index (χ0v) is 8.60. The first kappa shape index (κ1) is 12.3. The predicted molar refractivity (Wildman–Crippen MR) is 50.6 cm³/mol. The fourth-order valence-electron chi connectivity index (χ4n) is 0.690. The molecule has 1 atom stereocenters. The monoisotopic (exact) mass is 206 g/mol. The van der Waals surface area contributed by atoms with Crippen molar-refractivity contribution in [3.05, 3.63) is 0 Å². The van der Waals surface area contributed by atoms with Gasteiger partial charge in [-0.05, 0) is 12.2 Å². The summed E-state index contributed by atoms with van der Waals surface area (Å²) in [6, 6.07) is 0. The summed E-state index contributed by atoms with van der Waals surface area (Å²) in [6.07, 6.45) is 0.940. The van der Waals surface area contributed by atoms with Gasteiger partial charge in [0, 0.05) is 6.42 Å². The van der Waals surface area contributed by atoms with E-state index in [4.69, 9.17) is 9.84 Å². The second kappa shape index (κ2) is 6.77. The number of carboxylic acids is 1. The zero-order valence-electron chi connectivity index (χ0n) is 7.78. The van der Waals surface area contributed by atoms with Crippen molar-refractivity contribution in [1.29, 1.82) is 0 Å². The topological polar surface area (TPSA) is 63.6 Å². The Morgan fingerprint density at radius 2 is 2.08 bits per heavy atom. The Hall–Kier alpha value is -0.710. The first-order valence-electron chi connectivity index (χ1n) is 4.15. The summed E-state index contributed by atoms with van der Waals surface area (Å²) >= 11 is 1.10. The van der Waals surface area contributed by atoms with E-state index in [1.54, 1.807) is 0 Å². The van der Waals surface area contributed by atoms with Crippen LogP contribution in [0.25, 0.3) is 0 Å². The number of ether oxygens (including phenoxy) is 1. The largest absolute Gasteiger partial charge is 0.478 e. The molecule has 0 aromatic carbocycles. The lowest BCUT2D eigenvalue weighted by Gasteiger charge is -2.11. The highest BCUT2D eigenvalue weighted by atomic mass is 32.2. The van der Waals surface area contributed by atoms with Crippen molar-refractivity contribution in [2.75, 3.05) is 5.75 Å². The molecule has 0 aromatic heterocycles. The van der Waals surface area contributed by atoms with Gasteiger partial charge in [-0.1, -0.05) is 13.8 Å². The van der Waals surface area contributed by atoms with E-state index < -0.39 is 17.4 Å². The van der Waals surface area contributed by atoms with E-state index in [9.17, 15) is 9.59 Å². The molecular weight excluding hydrogens is 192 g/mol. The molecule has 0 fully saturated rings. The van der Waals surface area contributed by atoms with Crippen molar-refractivity contribution in [3.63, 3.8) is 0 Å². The smallest absolute Gasteiger partial charge is 0.355 e. The van der Waals surface area contributed by atoms with Crippen LogP contribution in [-0.2, 0) is 14.3 Å². The minimum Gasteiger partial charge on any atom is -0.478 e. The van der Waals surface area contributed by atoms with Crippen LogP contribution in [0.5, 0.6) is 0 Å². The molecule has 0 radical (unpaired) electrons. The van der Waals surface area contributed by atoms with Crippen LogP contribution in [0.1, 0.15) is 26.7 Å². The van der Waals surface area contributed by atoms with Gasteiger partial charge in [-0.2, -0.15) is 0 Å². The first-order valence-corrected chi connectivity index (χ1v) is 5.20. The Kier molecular flexibility index (Phi) is 6.40. The van der Waals surface area contributed by atoms with Crippen LogP contribution in [-0.4, -0.2) is 28.2 Å². The quantitative estimate of drug-likeness (QED) is 0.527. The Balaban J connectivity index is 3.94. The number of aliphatic carboxylic acids is 1. The molecule has 0 bridgehead atoms. The van der Waals surface area contributed by atoms with E-state index >= 15 is 0 Å². The van der Waals surface area contributed by atoms with Gasteiger partial charge >= 0.3 is 11.9 Å². The number of rotatable bonds is 6. The number of esters is 1. The maximum atomic E-state index is 10.9. The Morgan fingerprint density at radius 1 is 1.46 bits per heavy atom. The second-order valence-electron chi connectivity index (χ2n) is 2.37. The normalized spacial score (nSPS) is 12.2. The fraction of sp³-hybridized carbons (Fsp3) is 0.750. The van der Waals surface area contributed by atoms with Crippen LogP contribution in [0.4, 0.5) is 0 Å². The molecule has 0 rings (SSSR count). The van der Waals surface area contributed by atoms with Gasteiger partial charge < -0.3 is 9.84 Å². The highest BCUT2D eigenvalue weighted by molar-refractivity contribution is 8.00. The fourth-order valence-corrected chi connectivity index (χ4v) is 1.31.